The number of carbonyl (C=O) groups is 3. The first-order valence-corrected chi connectivity index (χ1v) is 9.50. The summed E-state index contributed by atoms with van der Waals surface area (Å²) in [6.45, 7) is -0.306. The molecule has 0 spiro atoms. The number of anilines is 1. The van der Waals surface area contributed by atoms with Gasteiger partial charge in [-0.2, -0.15) is 0 Å². The van der Waals surface area contributed by atoms with Crippen LogP contribution < -0.4 is 10.6 Å². The maximum Gasteiger partial charge on any atom is 0.316 e. The molecule has 0 heterocycles. The lowest BCUT2D eigenvalue weighted by molar-refractivity contribution is -0.145. The summed E-state index contributed by atoms with van der Waals surface area (Å²) in [5.74, 6) is -1.45. The maximum atomic E-state index is 12.5. The van der Waals surface area contributed by atoms with Gasteiger partial charge in [-0.25, -0.2) is 0 Å². The number of benzene rings is 2. The van der Waals surface area contributed by atoms with Crippen LogP contribution in [0.25, 0.3) is 0 Å². The van der Waals surface area contributed by atoms with Gasteiger partial charge in [-0.1, -0.05) is 41.9 Å². The van der Waals surface area contributed by atoms with Gasteiger partial charge in [0, 0.05) is 23.5 Å². The number of ether oxygens (including phenoxy) is 1. The number of amides is 2. The van der Waals surface area contributed by atoms with E-state index in [9.17, 15) is 14.4 Å². The third-order valence-corrected chi connectivity index (χ3v) is 4.98. The number of nitrogens with zero attached hydrogens (tertiary/aromatic N) is 1. The second kappa shape index (κ2) is 10.6. The number of halogens is 1. The minimum absolute atomic E-state index is 0.0109. The molecule has 2 N–H and O–H groups in total. The minimum atomic E-state index is -0.531. The molecule has 0 saturated carbocycles. The molecule has 8 heteroatoms. The molecule has 2 rings (SSSR count). The summed E-state index contributed by atoms with van der Waals surface area (Å²) >= 11 is 7.27. The molecule has 0 aliphatic heterocycles. The highest BCUT2D eigenvalue weighted by atomic mass is 35.5. The molecular formula is C19H19ClN2O4S. The summed E-state index contributed by atoms with van der Waals surface area (Å²) in [7, 11) is 0. The highest BCUT2D eigenvalue weighted by molar-refractivity contribution is 8.00. The molecular weight excluding hydrogens is 388 g/mol. The van der Waals surface area contributed by atoms with Crippen LogP contribution >= 0.6 is 23.4 Å². The number of thioether (sulfide) groups is 1. The second-order valence-corrected chi connectivity index (χ2v) is 6.90. The fourth-order valence-corrected chi connectivity index (χ4v) is 3.22. The number of esters is 1. The van der Waals surface area contributed by atoms with Crippen molar-refractivity contribution < 1.29 is 19.1 Å². The van der Waals surface area contributed by atoms with Crippen LogP contribution in [0.15, 0.2) is 59.5 Å². The van der Waals surface area contributed by atoms with Gasteiger partial charge in [0.15, 0.2) is 6.61 Å². The third kappa shape index (κ3) is 6.96. The summed E-state index contributed by atoms with van der Waals surface area (Å²) < 4.78 is 5.06. The Bertz CT molecular complexity index is 801. The average molecular weight is 407 g/mol. The van der Waals surface area contributed by atoms with E-state index in [1.54, 1.807) is 42.5 Å². The number of primary amides is 1. The zero-order valence-electron chi connectivity index (χ0n) is 14.5. The normalized spacial score (nSPS) is 10.3. The lowest BCUT2D eigenvalue weighted by atomic mass is 10.2. The topological polar surface area (TPSA) is 89.7 Å². The van der Waals surface area contributed by atoms with E-state index in [0.717, 1.165) is 4.90 Å². The lowest BCUT2D eigenvalue weighted by Crippen LogP contribution is -2.37. The summed E-state index contributed by atoms with van der Waals surface area (Å²) in [5, 5.41) is 0.549. The van der Waals surface area contributed by atoms with Gasteiger partial charge in [0.1, 0.15) is 0 Å². The molecule has 27 heavy (non-hydrogen) atoms. The Labute approximate surface area is 166 Å². The molecule has 2 amide bonds. The van der Waals surface area contributed by atoms with E-state index < -0.39 is 24.4 Å². The smallest absolute Gasteiger partial charge is 0.316 e. The Morgan fingerprint density at radius 3 is 2.37 bits per heavy atom. The highest BCUT2D eigenvalue weighted by Crippen LogP contribution is 2.26. The van der Waals surface area contributed by atoms with Gasteiger partial charge in [-0.05, 0) is 24.3 Å². The van der Waals surface area contributed by atoms with Crippen molar-refractivity contribution in [1.82, 2.24) is 0 Å². The Morgan fingerprint density at radius 1 is 1.04 bits per heavy atom. The molecule has 0 saturated heterocycles. The van der Waals surface area contributed by atoms with E-state index in [1.165, 1.54) is 16.7 Å². The molecule has 0 atom stereocenters. The van der Waals surface area contributed by atoms with E-state index in [4.69, 9.17) is 22.1 Å². The van der Waals surface area contributed by atoms with Crippen LogP contribution in [0.1, 0.15) is 6.42 Å². The molecule has 0 radical (unpaired) electrons. The molecule has 0 bridgehead atoms. The van der Waals surface area contributed by atoms with Crippen LogP contribution in [0.3, 0.4) is 0 Å². The van der Waals surface area contributed by atoms with Crippen LogP contribution in [0.2, 0.25) is 5.02 Å². The Balaban J connectivity index is 1.89. The lowest BCUT2D eigenvalue weighted by Gasteiger charge is -2.22. The van der Waals surface area contributed by atoms with E-state index in [1.807, 2.05) is 12.1 Å². The van der Waals surface area contributed by atoms with Crippen molar-refractivity contribution in [3.05, 3.63) is 59.6 Å². The van der Waals surface area contributed by atoms with Crippen LogP contribution in [0.5, 0.6) is 0 Å². The van der Waals surface area contributed by atoms with Crippen LogP contribution in [-0.4, -0.2) is 36.7 Å². The standard InChI is InChI=1S/C19H19ClN2O4S/c20-15-8-4-5-9-16(15)27-13-19(25)26-12-18(24)22(11-10-17(21)23)14-6-2-1-3-7-14/h1-9H,10-13H2,(H2,21,23). The Hall–Kier alpha value is -2.51. The molecule has 0 unspecified atom stereocenters. The first kappa shape index (κ1) is 20.8. The van der Waals surface area contributed by atoms with Gasteiger partial charge in [0.25, 0.3) is 5.91 Å². The molecule has 6 nitrogen and oxygen atoms in total. The molecule has 0 aromatic heterocycles. The van der Waals surface area contributed by atoms with Crippen molar-refractivity contribution in [2.24, 2.45) is 5.73 Å². The van der Waals surface area contributed by atoms with Gasteiger partial charge in [0.2, 0.25) is 5.91 Å². The second-order valence-electron chi connectivity index (χ2n) is 5.48. The number of nitrogens with two attached hydrogens (primary N) is 1. The fourth-order valence-electron chi connectivity index (χ4n) is 2.19. The van der Waals surface area contributed by atoms with Crippen LogP contribution in [0, 0.1) is 0 Å². The predicted molar refractivity (Wildman–Crippen MR) is 106 cm³/mol. The van der Waals surface area contributed by atoms with Gasteiger partial charge in [0.05, 0.1) is 10.8 Å². The van der Waals surface area contributed by atoms with Crippen molar-refractivity contribution in [3.8, 4) is 0 Å². The summed E-state index contributed by atoms with van der Waals surface area (Å²) in [5.41, 5.74) is 5.77. The average Bonchev–Trinajstić information content (AvgIpc) is 2.66. The van der Waals surface area contributed by atoms with E-state index in [0.29, 0.717) is 10.7 Å². The highest BCUT2D eigenvalue weighted by Gasteiger charge is 2.18. The van der Waals surface area contributed by atoms with Gasteiger partial charge >= 0.3 is 5.97 Å². The molecule has 0 fully saturated rings. The summed E-state index contributed by atoms with van der Waals surface area (Å²) in [4.78, 5) is 37.6. The zero-order valence-corrected chi connectivity index (χ0v) is 16.0. The molecule has 142 valence electrons. The quantitative estimate of drug-likeness (QED) is 0.510. The van der Waals surface area contributed by atoms with Crippen LogP contribution in [0.4, 0.5) is 5.69 Å². The minimum Gasteiger partial charge on any atom is -0.455 e. The van der Waals surface area contributed by atoms with Crippen LogP contribution in [-0.2, 0) is 19.1 Å². The van der Waals surface area contributed by atoms with E-state index >= 15 is 0 Å². The van der Waals surface area contributed by atoms with Crippen molar-refractivity contribution in [3.63, 3.8) is 0 Å². The number of rotatable bonds is 9. The Kier molecular flexibility index (Phi) is 8.16. The zero-order chi connectivity index (χ0) is 19.6. The first-order chi connectivity index (χ1) is 13.0. The summed E-state index contributed by atoms with van der Waals surface area (Å²) in [6, 6.07) is 16.0. The summed E-state index contributed by atoms with van der Waals surface area (Å²) in [6.07, 6.45) is 0.0109. The van der Waals surface area contributed by atoms with Crippen molar-refractivity contribution in [2.75, 3.05) is 23.8 Å². The molecule has 2 aromatic rings. The number of para-hydroxylation sites is 1. The molecule has 0 aliphatic carbocycles. The predicted octanol–water partition coefficient (Wildman–Crippen LogP) is 2.88. The monoisotopic (exact) mass is 406 g/mol. The number of hydrogen-bond donors (Lipinski definition) is 1. The fraction of sp³-hybridized carbons (Fsp3) is 0.211. The first-order valence-electron chi connectivity index (χ1n) is 8.14. The number of carbonyl (C=O) groups excluding carboxylic acids is 3. The number of hydrogen-bond acceptors (Lipinski definition) is 5. The van der Waals surface area contributed by atoms with E-state index in [-0.39, 0.29) is 18.7 Å². The van der Waals surface area contributed by atoms with Gasteiger partial charge in [-0.15, -0.1) is 11.8 Å². The van der Waals surface area contributed by atoms with Crippen molar-refractivity contribution in [1.29, 1.82) is 0 Å². The largest absolute Gasteiger partial charge is 0.455 e. The molecule has 2 aromatic carbocycles. The molecule has 0 aliphatic rings. The van der Waals surface area contributed by atoms with Gasteiger partial charge < -0.3 is 15.4 Å². The van der Waals surface area contributed by atoms with Gasteiger partial charge in [-0.3, -0.25) is 14.4 Å². The van der Waals surface area contributed by atoms with Crippen molar-refractivity contribution >= 4 is 46.8 Å². The van der Waals surface area contributed by atoms with Crippen molar-refractivity contribution in [2.45, 2.75) is 11.3 Å². The third-order valence-electron chi connectivity index (χ3n) is 3.49. The Morgan fingerprint density at radius 2 is 1.70 bits per heavy atom. The SMILES string of the molecule is NC(=O)CCN(C(=O)COC(=O)CSc1ccccc1Cl)c1ccccc1. The maximum absolute atomic E-state index is 12.5. The van der Waals surface area contributed by atoms with E-state index in [2.05, 4.69) is 0 Å².